The highest BCUT2D eigenvalue weighted by Crippen LogP contribution is 2.05. The molecule has 1 saturated heterocycles. The van der Waals surface area contributed by atoms with Crippen molar-refractivity contribution in [1.82, 2.24) is 4.90 Å². The minimum Gasteiger partial charge on any atom is -0.377 e. The molecule has 4 heteroatoms. The Morgan fingerprint density at radius 2 is 2.46 bits per heavy atom. The number of hydrogen-bond acceptors (Lipinski definition) is 3. The fourth-order valence-corrected chi connectivity index (χ4v) is 1.44. The van der Waals surface area contributed by atoms with Crippen LogP contribution in [0.2, 0.25) is 0 Å². The number of carbonyl (C=O) groups excluding carboxylic acids is 1. The van der Waals surface area contributed by atoms with Crippen molar-refractivity contribution in [3.63, 3.8) is 0 Å². The van der Waals surface area contributed by atoms with Crippen LogP contribution in [0, 0.1) is 0 Å². The van der Waals surface area contributed by atoms with Crippen molar-refractivity contribution in [3.8, 4) is 0 Å². The molecule has 1 fully saturated rings. The van der Waals surface area contributed by atoms with Crippen molar-refractivity contribution >= 4 is 5.91 Å². The first-order valence-corrected chi connectivity index (χ1v) is 4.62. The van der Waals surface area contributed by atoms with Gasteiger partial charge in [-0.2, -0.15) is 0 Å². The Labute approximate surface area is 78.8 Å². The zero-order valence-corrected chi connectivity index (χ0v) is 8.28. The summed E-state index contributed by atoms with van der Waals surface area (Å²) in [6.45, 7) is 4.37. The van der Waals surface area contributed by atoms with E-state index in [4.69, 9.17) is 9.47 Å². The zero-order chi connectivity index (χ0) is 9.68. The lowest BCUT2D eigenvalue weighted by molar-refractivity contribution is -0.135. The molecule has 76 valence electrons. The van der Waals surface area contributed by atoms with E-state index >= 15 is 0 Å². The number of amides is 1. The maximum atomic E-state index is 11.4. The second-order valence-electron chi connectivity index (χ2n) is 3.31. The standard InChI is InChI=1S/C9H17NO3/c1-8-6-10(4-3-5-13-8)9(11)7-12-2/h8H,3-7H2,1-2H3. The van der Waals surface area contributed by atoms with Crippen molar-refractivity contribution in [3.05, 3.63) is 0 Å². The average molecular weight is 187 g/mol. The van der Waals surface area contributed by atoms with E-state index in [0.29, 0.717) is 6.54 Å². The smallest absolute Gasteiger partial charge is 0.248 e. The van der Waals surface area contributed by atoms with E-state index in [0.717, 1.165) is 19.6 Å². The van der Waals surface area contributed by atoms with Gasteiger partial charge in [-0.1, -0.05) is 0 Å². The fraction of sp³-hybridized carbons (Fsp3) is 0.889. The van der Waals surface area contributed by atoms with E-state index in [-0.39, 0.29) is 18.6 Å². The molecule has 1 rings (SSSR count). The van der Waals surface area contributed by atoms with Gasteiger partial charge in [0.25, 0.3) is 0 Å². The number of methoxy groups -OCH3 is 1. The van der Waals surface area contributed by atoms with E-state index < -0.39 is 0 Å². The fourth-order valence-electron chi connectivity index (χ4n) is 1.44. The minimum atomic E-state index is 0.0554. The predicted octanol–water partition coefficient (Wildman–Crippen LogP) is 0.270. The molecule has 1 aliphatic heterocycles. The van der Waals surface area contributed by atoms with Gasteiger partial charge in [-0.3, -0.25) is 4.79 Å². The van der Waals surface area contributed by atoms with Crippen molar-refractivity contribution in [2.75, 3.05) is 33.4 Å². The van der Waals surface area contributed by atoms with Crippen LogP contribution in [0.1, 0.15) is 13.3 Å². The molecule has 0 saturated carbocycles. The molecular weight excluding hydrogens is 170 g/mol. The van der Waals surface area contributed by atoms with Crippen LogP contribution in [-0.2, 0) is 14.3 Å². The summed E-state index contributed by atoms with van der Waals surface area (Å²) in [6, 6.07) is 0. The van der Waals surface area contributed by atoms with Gasteiger partial charge in [0.2, 0.25) is 5.91 Å². The van der Waals surface area contributed by atoms with Gasteiger partial charge in [-0.15, -0.1) is 0 Å². The lowest BCUT2D eigenvalue weighted by atomic mass is 10.3. The summed E-state index contributed by atoms with van der Waals surface area (Å²) < 4.78 is 10.2. The molecule has 0 aliphatic carbocycles. The SMILES string of the molecule is COCC(=O)N1CCCOC(C)C1. The first kappa shape index (κ1) is 10.5. The zero-order valence-electron chi connectivity index (χ0n) is 8.28. The third-order valence-corrected chi connectivity index (χ3v) is 2.07. The maximum Gasteiger partial charge on any atom is 0.248 e. The molecule has 0 aromatic rings. The van der Waals surface area contributed by atoms with Crippen molar-refractivity contribution in [2.45, 2.75) is 19.4 Å². The number of rotatable bonds is 2. The van der Waals surface area contributed by atoms with Crippen LogP contribution < -0.4 is 0 Å². The molecule has 1 atom stereocenters. The number of carbonyl (C=O) groups is 1. The Morgan fingerprint density at radius 3 is 3.15 bits per heavy atom. The summed E-state index contributed by atoms with van der Waals surface area (Å²) >= 11 is 0. The average Bonchev–Trinajstić information content (AvgIpc) is 2.30. The Morgan fingerprint density at radius 1 is 1.69 bits per heavy atom. The van der Waals surface area contributed by atoms with Crippen LogP contribution in [0.5, 0.6) is 0 Å². The summed E-state index contributed by atoms with van der Waals surface area (Å²) in [7, 11) is 1.54. The predicted molar refractivity (Wildman–Crippen MR) is 48.5 cm³/mol. The first-order valence-electron chi connectivity index (χ1n) is 4.62. The van der Waals surface area contributed by atoms with Crippen LogP contribution in [0.25, 0.3) is 0 Å². The number of nitrogens with zero attached hydrogens (tertiary/aromatic N) is 1. The molecule has 0 N–H and O–H groups in total. The molecule has 0 spiro atoms. The molecule has 0 bridgehead atoms. The molecule has 0 aromatic carbocycles. The lowest BCUT2D eigenvalue weighted by Crippen LogP contribution is -2.38. The van der Waals surface area contributed by atoms with Crippen LogP contribution in [0.3, 0.4) is 0 Å². The molecule has 1 unspecified atom stereocenters. The van der Waals surface area contributed by atoms with Gasteiger partial charge in [-0.05, 0) is 13.3 Å². The van der Waals surface area contributed by atoms with Gasteiger partial charge in [0.15, 0.2) is 0 Å². The largest absolute Gasteiger partial charge is 0.377 e. The van der Waals surface area contributed by atoms with Crippen molar-refractivity contribution in [2.24, 2.45) is 0 Å². The second-order valence-corrected chi connectivity index (χ2v) is 3.31. The topological polar surface area (TPSA) is 38.8 Å². The molecule has 1 amide bonds. The van der Waals surface area contributed by atoms with E-state index in [1.165, 1.54) is 7.11 Å². The summed E-state index contributed by atoms with van der Waals surface area (Å²) in [5.41, 5.74) is 0. The van der Waals surface area contributed by atoms with Gasteiger partial charge in [0, 0.05) is 26.8 Å². The van der Waals surface area contributed by atoms with Crippen LogP contribution in [0.4, 0.5) is 0 Å². The molecule has 0 radical (unpaired) electrons. The van der Waals surface area contributed by atoms with Crippen LogP contribution in [-0.4, -0.2) is 50.3 Å². The van der Waals surface area contributed by atoms with E-state index in [1.807, 2.05) is 6.92 Å². The molecule has 13 heavy (non-hydrogen) atoms. The van der Waals surface area contributed by atoms with E-state index in [1.54, 1.807) is 4.90 Å². The third-order valence-electron chi connectivity index (χ3n) is 2.07. The number of ether oxygens (including phenoxy) is 2. The first-order chi connectivity index (χ1) is 6.24. The molecule has 1 aliphatic rings. The summed E-state index contributed by atoms with van der Waals surface area (Å²) in [6.07, 6.45) is 1.06. The highest BCUT2D eigenvalue weighted by Gasteiger charge is 2.18. The normalized spacial score (nSPS) is 24.2. The second kappa shape index (κ2) is 5.19. The highest BCUT2D eigenvalue weighted by atomic mass is 16.5. The molecule has 0 aromatic heterocycles. The Balaban J connectivity index is 2.42. The minimum absolute atomic E-state index is 0.0554. The Hall–Kier alpha value is -0.610. The number of hydrogen-bond donors (Lipinski definition) is 0. The van der Waals surface area contributed by atoms with Gasteiger partial charge in [0.1, 0.15) is 6.61 Å². The monoisotopic (exact) mass is 187 g/mol. The van der Waals surface area contributed by atoms with Gasteiger partial charge < -0.3 is 14.4 Å². The Bertz CT molecular complexity index is 172. The van der Waals surface area contributed by atoms with Crippen LogP contribution in [0.15, 0.2) is 0 Å². The molecule has 4 nitrogen and oxygen atoms in total. The highest BCUT2D eigenvalue weighted by molar-refractivity contribution is 5.77. The van der Waals surface area contributed by atoms with E-state index in [2.05, 4.69) is 0 Å². The molecular formula is C9H17NO3. The van der Waals surface area contributed by atoms with Gasteiger partial charge in [-0.25, -0.2) is 0 Å². The lowest BCUT2D eigenvalue weighted by Gasteiger charge is -2.21. The van der Waals surface area contributed by atoms with E-state index in [9.17, 15) is 4.79 Å². The molecule has 1 heterocycles. The summed E-state index contributed by atoms with van der Waals surface area (Å²) in [5.74, 6) is 0.0554. The third kappa shape index (κ3) is 3.32. The van der Waals surface area contributed by atoms with Crippen molar-refractivity contribution < 1.29 is 14.3 Å². The Kier molecular flexibility index (Phi) is 4.18. The van der Waals surface area contributed by atoms with Crippen molar-refractivity contribution in [1.29, 1.82) is 0 Å². The van der Waals surface area contributed by atoms with Gasteiger partial charge in [0.05, 0.1) is 6.10 Å². The van der Waals surface area contributed by atoms with Gasteiger partial charge >= 0.3 is 0 Å². The van der Waals surface area contributed by atoms with Crippen LogP contribution >= 0.6 is 0 Å². The maximum absolute atomic E-state index is 11.4. The summed E-state index contributed by atoms with van der Waals surface area (Å²) in [4.78, 5) is 13.2. The summed E-state index contributed by atoms with van der Waals surface area (Å²) in [5, 5.41) is 0. The quantitative estimate of drug-likeness (QED) is 0.623.